The molecule has 0 saturated carbocycles. The Bertz CT molecular complexity index is 2180. The van der Waals surface area contributed by atoms with E-state index in [4.69, 9.17) is 4.42 Å². The summed E-state index contributed by atoms with van der Waals surface area (Å²) in [6.45, 7) is 16.8. The molecule has 1 heterocycles. The predicted octanol–water partition coefficient (Wildman–Crippen LogP) is 14.8. The lowest BCUT2D eigenvalue weighted by Gasteiger charge is -2.08. The van der Waals surface area contributed by atoms with Gasteiger partial charge in [-0.2, -0.15) is 0 Å². The van der Waals surface area contributed by atoms with Gasteiger partial charge in [0.1, 0.15) is 11.2 Å². The molecule has 51 heavy (non-hydrogen) atoms. The van der Waals surface area contributed by atoms with Crippen LogP contribution in [0.4, 0.5) is 0 Å². The molecule has 0 N–H and O–H groups in total. The Labute approximate surface area is 305 Å². The molecule has 0 aliphatic rings. The molecule has 8 aromatic rings. The first-order valence-corrected chi connectivity index (χ1v) is 18.0. The molecule has 0 spiro atoms. The van der Waals surface area contributed by atoms with E-state index in [0.717, 1.165) is 11.2 Å². The van der Waals surface area contributed by atoms with Crippen LogP contribution in [-0.4, -0.2) is 0 Å². The van der Waals surface area contributed by atoms with Crippen molar-refractivity contribution in [3.8, 4) is 33.4 Å². The number of benzene rings is 7. The third kappa shape index (κ3) is 8.74. The topological polar surface area (TPSA) is 13.1 Å². The zero-order valence-electron chi connectivity index (χ0n) is 31.4. The minimum Gasteiger partial charge on any atom is -0.456 e. The van der Waals surface area contributed by atoms with Crippen molar-refractivity contribution >= 4 is 21.9 Å². The average Bonchev–Trinajstić information content (AvgIpc) is 3.54. The van der Waals surface area contributed by atoms with E-state index in [1.807, 2.05) is 13.8 Å². The Morgan fingerprint density at radius 1 is 0.333 bits per heavy atom. The first kappa shape index (κ1) is 36.6. The lowest BCUT2D eigenvalue weighted by atomic mass is 9.97. The largest absolute Gasteiger partial charge is 0.456 e. The molecule has 0 radical (unpaired) electrons. The van der Waals surface area contributed by atoms with Crippen LogP contribution in [0.15, 0.2) is 162 Å². The van der Waals surface area contributed by atoms with Crippen molar-refractivity contribution in [3.63, 3.8) is 0 Å². The standard InChI is InChI=1S/C20H16O.2C14H14.C2H6/c1-13-5-3-7-15(11-13)16-9-10-17-18-8-4-6-14(2)20(18)21-19(17)12-16;2*1-11-7-3-5-9-13(11)14-10-6-4-8-12(14)2;1-2/h3-12H,1-2H3;2*3-10H,1-2H3;1-2H3. The Hall–Kier alpha value is -5.66. The molecule has 256 valence electrons. The molecule has 0 unspecified atom stereocenters. The molecule has 0 aliphatic carbocycles. The summed E-state index contributed by atoms with van der Waals surface area (Å²) < 4.78 is 6.08. The van der Waals surface area contributed by atoms with Crippen molar-refractivity contribution in [2.45, 2.75) is 55.4 Å². The van der Waals surface area contributed by atoms with E-state index in [2.05, 4.69) is 199 Å². The highest BCUT2D eigenvalue weighted by Crippen LogP contribution is 2.34. The molecule has 0 amide bonds. The minimum atomic E-state index is 0.957. The average molecular weight is 667 g/mol. The van der Waals surface area contributed by atoms with E-state index >= 15 is 0 Å². The normalized spacial score (nSPS) is 10.4. The third-order valence-corrected chi connectivity index (χ3v) is 9.21. The van der Waals surface area contributed by atoms with Crippen LogP contribution in [0, 0.1) is 41.5 Å². The van der Waals surface area contributed by atoms with E-state index in [9.17, 15) is 0 Å². The first-order chi connectivity index (χ1) is 24.8. The van der Waals surface area contributed by atoms with Crippen LogP contribution in [-0.2, 0) is 0 Å². The van der Waals surface area contributed by atoms with Gasteiger partial charge >= 0.3 is 0 Å². The van der Waals surface area contributed by atoms with E-state index in [0.29, 0.717) is 0 Å². The van der Waals surface area contributed by atoms with E-state index in [1.165, 1.54) is 77.5 Å². The number of furan rings is 1. The Morgan fingerprint density at radius 2 is 0.745 bits per heavy atom. The number of hydrogen-bond acceptors (Lipinski definition) is 1. The summed E-state index contributed by atoms with van der Waals surface area (Å²) in [5, 5.41) is 2.38. The van der Waals surface area contributed by atoms with Crippen molar-refractivity contribution in [1.29, 1.82) is 0 Å². The number of hydrogen-bond donors (Lipinski definition) is 0. The van der Waals surface area contributed by atoms with Gasteiger partial charge < -0.3 is 4.42 Å². The molecule has 1 heteroatoms. The zero-order chi connectivity index (χ0) is 36.3. The molecule has 0 bridgehead atoms. The van der Waals surface area contributed by atoms with Gasteiger partial charge in [0.2, 0.25) is 0 Å². The van der Waals surface area contributed by atoms with Crippen molar-refractivity contribution < 1.29 is 4.42 Å². The summed E-state index contributed by atoms with van der Waals surface area (Å²) in [5.41, 5.74) is 17.5. The van der Waals surface area contributed by atoms with E-state index in [1.54, 1.807) is 0 Å². The second kappa shape index (κ2) is 17.3. The van der Waals surface area contributed by atoms with Gasteiger partial charge in [0, 0.05) is 10.8 Å². The molecule has 0 atom stereocenters. The number of para-hydroxylation sites is 1. The summed E-state index contributed by atoms with van der Waals surface area (Å²) in [5.74, 6) is 0. The molecular weight excluding hydrogens is 617 g/mol. The van der Waals surface area contributed by atoms with Crippen LogP contribution in [0.3, 0.4) is 0 Å². The van der Waals surface area contributed by atoms with Crippen molar-refractivity contribution in [2.75, 3.05) is 0 Å². The number of fused-ring (bicyclic) bond motifs is 3. The van der Waals surface area contributed by atoms with Gasteiger partial charge in [-0.3, -0.25) is 0 Å². The molecule has 1 aromatic heterocycles. The van der Waals surface area contributed by atoms with Crippen LogP contribution in [0.2, 0.25) is 0 Å². The fraction of sp³-hybridized carbons (Fsp3) is 0.160. The lowest BCUT2D eigenvalue weighted by molar-refractivity contribution is 0.666. The second-order valence-corrected chi connectivity index (χ2v) is 12.9. The zero-order valence-corrected chi connectivity index (χ0v) is 31.4. The highest BCUT2D eigenvalue weighted by molar-refractivity contribution is 6.06. The number of aryl methyl sites for hydroxylation is 6. The minimum absolute atomic E-state index is 0.957. The molecular formula is C50H50O. The van der Waals surface area contributed by atoms with Gasteiger partial charge in [-0.05, 0) is 115 Å². The van der Waals surface area contributed by atoms with Crippen molar-refractivity contribution in [1.82, 2.24) is 0 Å². The van der Waals surface area contributed by atoms with Crippen LogP contribution < -0.4 is 0 Å². The van der Waals surface area contributed by atoms with Gasteiger partial charge in [-0.15, -0.1) is 0 Å². The Balaban J connectivity index is 0.000000150. The smallest absolute Gasteiger partial charge is 0.138 e. The maximum Gasteiger partial charge on any atom is 0.138 e. The van der Waals surface area contributed by atoms with Gasteiger partial charge in [0.15, 0.2) is 0 Å². The first-order valence-electron chi connectivity index (χ1n) is 18.0. The fourth-order valence-corrected chi connectivity index (χ4v) is 6.44. The predicted molar refractivity (Wildman–Crippen MR) is 223 cm³/mol. The van der Waals surface area contributed by atoms with Crippen LogP contribution in [0.1, 0.15) is 47.2 Å². The summed E-state index contributed by atoms with van der Waals surface area (Å²) in [4.78, 5) is 0. The van der Waals surface area contributed by atoms with Crippen molar-refractivity contribution in [2.24, 2.45) is 0 Å². The monoisotopic (exact) mass is 666 g/mol. The second-order valence-electron chi connectivity index (χ2n) is 12.9. The summed E-state index contributed by atoms with van der Waals surface area (Å²) >= 11 is 0. The van der Waals surface area contributed by atoms with Crippen LogP contribution in [0.5, 0.6) is 0 Å². The highest BCUT2D eigenvalue weighted by atomic mass is 16.3. The molecule has 0 fully saturated rings. The Kier molecular flexibility index (Phi) is 12.4. The SMILES string of the molecule is CC.Cc1cccc(-c2ccc3c(c2)oc2c(C)cccc23)c1.Cc1ccccc1-c1ccccc1C.Cc1ccccc1-c1ccccc1C. The van der Waals surface area contributed by atoms with Gasteiger partial charge in [0.25, 0.3) is 0 Å². The summed E-state index contributed by atoms with van der Waals surface area (Å²) in [7, 11) is 0. The number of rotatable bonds is 3. The third-order valence-electron chi connectivity index (χ3n) is 9.21. The van der Waals surface area contributed by atoms with E-state index < -0.39 is 0 Å². The summed E-state index contributed by atoms with van der Waals surface area (Å²) in [6, 6.07) is 55.4. The molecule has 8 rings (SSSR count). The maximum atomic E-state index is 6.08. The lowest BCUT2D eigenvalue weighted by Crippen LogP contribution is -1.85. The quantitative estimate of drug-likeness (QED) is 0.183. The van der Waals surface area contributed by atoms with Crippen LogP contribution in [0.25, 0.3) is 55.3 Å². The molecule has 1 nitrogen and oxygen atoms in total. The van der Waals surface area contributed by atoms with E-state index in [-0.39, 0.29) is 0 Å². The molecule has 0 saturated heterocycles. The molecule has 0 aliphatic heterocycles. The summed E-state index contributed by atoms with van der Waals surface area (Å²) in [6.07, 6.45) is 0. The van der Waals surface area contributed by atoms with Crippen LogP contribution >= 0.6 is 0 Å². The van der Waals surface area contributed by atoms with Gasteiger partial charge in [0.05, 0.1) is 0 Å². The van der Waals surface area contributed by atoms with Gasteiger partial charge in [-0.25, -0.2) is 0 Å². The highest BCUT2D eigenvalue weighted by Gasteiger charge is 2.10. The fourth-order valence-electron chi connectivity index (χ4n) is 6.44. The van der Waals surface area contributed by atoms with Gasteiger partial charge in [-0.1, -0.05) is 165 Å². The Morgan fingerprint density at radius 3 is 1.20 bits per heavy atom. The molecule has 7 aromatic carbocycles. The maximum absolute atomic E-state index is 6.08. The van der Waals surface area contributed by atoms with Crippen molar-refractivity contribution in [3.05, 3.63) is 191 Å².